The summed E-state index contributed by atoms with van der Waals surface area (Å²) >= 11 is 0. The maximum atomic E-state index is 12.2. The largest absolute Gasteiger partial charge is 0.272 e. The van der Waals surface area contributed by atoms with E-state index in [4.69, 9.17) is 4.84 Å². The van der Waals surface area contributed by atoms with E-state index in [1.165, 1.54) is 25.7 Å². The van der Waals surface area contributed by atoms with E-state index in [1.807, 2.05) is 0 Å². The van der Waals surface area contributed by atoms with Crippen LogP contribution in [0.4, 0.5) is 0 Å². The van der Waals surface area contributed by atoms with Crippen LogP contribution in [0.5, 0.6) is 0 Å². The fourth-order valence-corrected chi connectivity index (χ4v) is 3.49. The Morgan fingerprint density at radius 1 is 1.13 bits per heavy atom. The maximum absolute atomic E-state index is 12.2. The average molecular weight is 209 g/mol. The summed E-state index contributed by atoms with van der Waals surface area (Å²) in [4.78, 5) is 17.7. The number of rotatable bonds is 0. The van der Waals surface area contributed by atoms with Gasteiger partial charge in [-0.3, -0.25) is 9.63 Å². The molecule has 1 amide bonds. The van der Waals surface area contributed by atoms with E-state index in [0.29, 0.717) is 12.0 Å². The number of nitrogens with zero attached hydrogens (tertiary/aromatic N) is 1. The van der Waals surface area contributed by atoms with E-state index in [2.05, 4.69) is 0 Å². The molecule has 0 aromatic carbocycles. The molecule has 2 heterocycles. The van der Waals surface area contributed by atoms with Crippen molar-refractivity contribution in [3.05, 3.63) is 0 Å². The van der Waals surface area contributed by atoms with E-state index in [1.54, 1.807) is 5.06 Å². The van der Waals surface area contributed by atoms with Crippen LogP contribution < -0.4 is 0 Å². The SMILES string of the molecule is O=C1C2CCCCC2CC2CCCON12. The number of carbonyl (C=O) groups excluding carboxylic acids is 1. The Balaban J connectivity index is 1.79. The van der Waals surface area contributed by atoms with Gasteiger partial charge in [0.15, 0.2) is 0 Å². The highest BCUT2D eigenvalue weighted by Gasteiger charge is 2.44. The molecule has 0 aromatic heterocycles. The molecule has 3 heteroatoms. The lowest BCUT2D eigenvalue weighted by Crippen LogP contribution is -2.53. The highest BCUT2D eigenvalue weighted by atomic mass is 16.7. The van der Waals surface area contributed by atoms with Gasteiger partial charge in [-0.05, 0) is 38.0 Å². The number of hydrogen-bond donors (Lipinski definition) is 0. The second-order valence-corrected chi connectivity index (χ2v) is 5.18. The minimum Gasteiger partial charge on any atom is -0.272 e. The van der Waals surface area contributed by atoms with Gasteiger partial charge in [0.05, 0.1) is 12.6 Å². The zero-order valence-electron chi connectivity index (χ0n) is 9.15. The van der Waals surface area contributed by atoms with Crippen LogP contribution in [0.3, 0.4) is 0 Å². The third-order valence-corrected chi connectivity index (χ3v) is 4.26. The number of piperidine rings is 1. The first-order valence-electron chi connectivity index (χ1n) is 6.32. The molecule has 3 nitrogen and oxygen atoms in total. The van der Waals surface area contributed by atoms with Gasteiger partial charge < -0.3 is 0 Å². The molecule has 0 radical (unpaired) electrons. The normalized spacial score (nSPS) is 40.9. The summed E-state index contributed by atoms with van der Waals surface area (Å²) in [5.41, 5.74) is 0. The molecule has 2 aliphatic heterocycles. The predicted molar refractivity (Wildman–Crippen MR) is 55.9 cm³/mol. The molecule has 0 bridgehead atoms. The van der Waals surface area contributed by atoms with Crippen molar-refractivity contribution < 1.29 is 9.63 Å². The van der Waals surface area contributed by atoms with Crippen LogP contribution in [0, 0.1) is 11.8 Å². The smallest absolute Gasteiger partial charge is 0.249 e. The van der Waals surface area contributed by atoms with Crippen LogP contribution >= 0.6 is 0 Å². The van der Waals surface area contributed by atoms with Gasteiger partial charge in [-0.15, -0.1) is 0 Å². The fraction of sp³-hybridized carbons (Fsp3) is 0.917. The summed E-state index contributed by atoms with van der Waals surface area (Å²) in [6.45, 7) is 0.736. The summed E-state index contributed by atoms with van der Waals surface area (Å²) < 4.78 is 0. The molecule has 3 rings (SSSR count). The summed E-state index contributed by atoms with van der Waals surface area (Å²) in [6.07, 6.45) is 8.36. The monoisotopic (exact) mass is 209 g/mol. The van der Waals surface area contributed by atoms with E-state index >= 15 is 0 Å². The number of fused-ring (bicyclic) bond motifs is 2. The van der Waals surface area contributed by atoms with Gasteiger partial charge in [-0.1, -0.05) is 12.8 Å². The van der Waals surface area contributed by atoms with Crippen molar-refractivity contribution in [1.29, 1.82) is 0 Å². The van der Waals surface area contributed by atoms with Gasteiger partial charge in [0, 0.05) is 5.92 Å². The van der Waals surface area contributed by atoms with Gasteiger partial charge in [-0.2, -0.15) is 0 Å². The molecule has 1 aliphatic carbocycles. The first kappa shape index (κ1) is 9.64. The van der Waals surface area contributed by atoms with Crippen LogP contribution in [0.15, 0.2) is 0 Å². The van der Waals surface area contributed by atoms with Crippen LogP contribution in [0.25, 0.3) is 0 Å². The quantitative estimate of drug-likeness (QED) is 0.611. The molecule has 0 spiro atoms. The predicted octanol–water partition coefficient (Wildman–Crippen LogP) is 2.12. The van der Waals surface area contributed by atoms with Crippen molar-refractivity contribution in [3.8, 4) is 0 Å². The summed E-state index contributed by atoms with van der Waals surface area (Å²) in [7, 11) is 0. The summed E-state index contributed by atoms with van der Waals surface area (Å²) in [6, 6.07) is 0.394. The van der Waals surface area contributed by atoms with E-state index < -0.39 is 0 Å². The number of carbonyl (C=O) groups is 1. The van der Waals surface area contributed by atoms with Crippen molar-refractivity contribution in [2.24, 2.45) is 11.8 Å². The molecule has 3 aliphatic rings. The molecule has 2 saturated heterocycles. The van der Waals surface area contributed by atoms with Crippen molar-refractivity contribution in [2.45, 2.75) is 51.0 Å². The average Bonchev–Trinajstić information content (AvgIpc) is 2.30. The molecule has 1 saturated carbocycles. The molecular formula is C12H19NO2. The third kappa shape index (κ3) is 1.57. The highest BCUT2D eigenvalue weighted by molar-refractivity contribution is 5.79. The molecule has 15 heavy (non-hydrogen) atoms. The van der Waals surface area contributed by atoms with Gasteiger partial charge in [-0.25, -0.2) is 5.06 Å². The Kier molecular flexibility index (Phi) is 2.43. The van der Waals surface area contributed by atoms with E-state index in [-0.39, 0.29) is 11.8 Å². The van der Waals surface area contributed by atoms with Gasteiger partial charge >= 0.3 is 0 Å². The van der Waals surface area contributed by atoms with Crippen LogP contribution in [-0.2, 0) is 9.63 Å². The number of hydroxylamine groups is 2. The lowest BCUT2D eigenvalue weighted by molar-refractivity contribution is -0.234. The first-order valence-corrected chi connectivity index (χ1v) is 6.32. The molecule has 3 fully saturated rings. The zero-order valence-corrected chi connectivity index (χ0v) is 9.15. The number of amides is 1. The van der Waals surface area contributed by atoms with E-state index in [0.717, 1.165) is 25.9 Å². The minimum atomic E-state index is 0.285. The van der Waals surface area contributed by atoms with Crippen molar-refractivity contribution in [2.75, 3.05) is 6.61 Å². The second kappa shape index (κ2) is 3.78. The van der Waals surface area contributed by atoms with Crippen LogP contribution in [-0.4, -0.2) is 23.6 Å². The molecule has 84 valence electrons. The third-order valence-electron chi connectivity index (χ3n) is 4.26. The molecule has 3 unspecified atom stereocenters. The summed E-state index contributed by atoms with van der Waals surface area (Å²) in [5, 5.41) is 1.72. The Morgan fingerprint density at radius 2 is 2.00 bits per heavy atom. The van der Waals surface area contributed by atoms with E-state index in [9.17, 15) is 4.79 Å². The fourth-order valence-electron chi connectivity index (χ4n) is 3.49. The molecular weight excluding hydrogens is 190 g/mol. The van der Waals surface area contributed by atoms with Gasteiger partial charge in [0.25, 0.3) is 0 Å². The molecule has 3 atom stereocenters. The minimum absolute atomic E-state index is 0.285. The first-order chi connectivity index (χ1) is 7.36. The Morgan fingerprint density at radius 3 is 2.93 bits per heavy atom. The molecule has 0 aromatic rings. The van der Waals surface area contributed by atoms with Crippen molar-refractivity contribution >= 4 is 5.91 Å². The lowest BCUT2D eigenvalue weighted by Gasteiger charge is -2.46. The van der Waals surface area contributed by atoms with Gasteiger partial charge in [0.1, 0.15) is 0 Å². The topological polar surface area (TPSA) is 29.5 Å². The maximum Gasteiger partial charge on any atom is 0.249 e. The Hall–Kier alpha value is -0.570. The molecule has 0 N–H and O–H groups in total. The van der Waals surface area contributed by atoms with Crippen molar-refractivity contribution in [1.82, 2.24) is 5.06 Å². The Bertz CT molecular complexity index is 242. The zero-order chi connectivity index (χ0) is 10.3. The standard InChI is InChI=1S/C12H19NO2/c14-12-11-6-2-1-4-9(11)8-10-5-3-7-15-13(10)12/h9-11H,1-8H2. The van der Waals surface area contributed by atoms with Crippen LogP contribution in [0.2, 0.25) is 0 Å². The number of hydrogen-bond acceptors (Lipinski definition) is 2. The second-order valence-electron chi connectivity index (χ2n) is 5.18. The Labute approximate surface area is 90.7 Å². The van der Waals surface area contributed by atoms with Gasteiger partial charge in [0.2, 0.25) is 5.91 Å². The highest BCUT2D eigenvalue weighted by Crippen LogP contribution is 2.41. The lowest BCUT2D eigenvalue weighted by atomic mass is 9.72. The van der Waals surface area contributed by atoms with Crippen LogP contribution in [0.1, 0.15) is 44.9 Å². The van der Waals surface area contributed by atoms with Crippen molar-refractivity contribution in [3.63, 3.8) is 0 Å². The summed E-state index contributed by atoms with van der Waals surface area (Å²) in [5.74, 6) is 1.23.